The van der Waals surface area contributed by atoms with Gasteiger partial charge in [0, 0.05) is 24.7 Å². The fraction of sp³-hybridized carbons (Fsp3) is 0.296. The summed E-state index contributed by atoms with van der Waals surface area (Å²) < 4.78 is 5.72. The number of Topliss-reactive ketones (excluding diaryl/α,β-unsaturated/α-hetero) is 1. The zero-order valence-electron chi connectivity index (χ0n) is 18.4. The Balaban J connectivity index is 1.69. The summed E-state index contributed by atoms with van der Waals surface area (Å²) in [6.45, 7) is 2.62. The van der Waals surface area contributed by atoms with E-state index in [-0.39, 0.29) is 25.0 Å². The smallest absolute Gasteiger partial charge is 0.159 e. The number of benzene rings is 3. The lowest BCUT2D eigenvalue weighted by Crippen LogP contribution is -2.44. The van der Waals surface area contributed by atoms with Crippen molar-refractivity contribution in [2.45, 2.75) is 32.0 Å². The van der Waals surface area contributed by atoms with Crippen LogP contribution in [0.5, 0.6) is 5.75 Å². The number of ketones is 1. The van der Waals surface area contributed by atoms with Gasteiger partial charge in [-0.05, 0) is 36.6 Å². The van der Waals surface area contributed by atoms with Crippen molar-refractivity contribution in [3.05, 3.63) is 102 Å². The number of carbonyl (C=O) groups excluding carboxylic acids is 1. The minimum atomic E-state index is -0.715. The summed E-state index contributed by atoms with van der Waals surface area (Å²) in [7, 11) is 0. The van der Waals surface area contributed by atoms with Crippen LogP contribution in [0.25, 0.3) is 0 Å². The standard InChI is InChI=1S/C27H31NO4/c1-21(30)24-14-12-22(13-15-24)16-25(19-29)28(17-23-8-4-2-5-9-23)18-26(31)20-32-27-10-6-3-7-11-27/h2-15,25-26,29,31H,16-20H2,1H3. The van der Waals surface area contributed by atoms with E-state index in [4.69, 9.17) is 4.74 Å². The first-order valence-corrected chi connectivity index (χ1v) is 10.9. The lowest BCUT2D eigenvalue weighted by Gasteiger charge is -2.32. The van der Waals surface area contributed by atoms with E-state index in [1.165, 1.54) is 0 Å². The molecule has 0 fully saturated rings. The van der Waals surface area contributed by atoms with Crippen molar-refractivity contribution >= 4 is 5.78 Å². The predicted octanol–water partition coefficient (Wildman–Crippen LogP) is 3.73. The van der Waals surface area contributed by atoms with E-state index in [1.54, 1.807) is 6.92 Å². The summed E-state index contributed by atoms with van der Waals surface area (Å²) in [6, 6.07) is 26.7. The number of hydrogen-bond donors (Lipinski definition) is 2. The third-order valence-corrected chi connectivity index (χ3v) is 5.42. The molecule has 0 aliphatic carbocycles. The van der Waals surface area contributed by atoms with Crippen molar-refractivity contribution in [3.8, 4) is 5.75 Å². The first kappa shape index (κ1) is 23.7. The van der Waals surface area contributed by atoms with Gasteiger partial charge in [0.15, 0.2) is 5.78 Å². The number of para-hydroxylation sites is 1. The van der Waals surface area contributed by atoms with Gasteiger partial charge in [-0.2, -0.15) is 0 Å². The van der Waals surface area contributed by atoms with Crippen LogP contribution in [-0.4, -0.2) is 52.8 Å². The number of aliphatic hydroxyl groups is 2. The van der Waals surface area contributed by atoms with Gasteiger partial charge in [0.05, 0.1) is 6.61 Å². The van der Waals surface area contributed by atoms with Crippen LogP contribution in [0.3, 0.4) is 0 Å². The molecule has 3 aromatic carbocycles. The first-order chi connectivity index (χ1) is 15.5. The van der Waals surface area contributed by atoms with E-state index in [1.807, 2.05) is 84.9 Å². The summed E-state index contributed by atoms with van der Waals surface area (Å²) in [5, 5.41) is 20.9. The van der Waals surface area contributed by atoms with Gasteiger partial charge in [-0.25, -0.2) is 0 Å². The number of aliphatic hydroxyl groups excluding tert-OH is 2. The molecule has 0 amide bonds. The Bertz CT molecular complexity index is 944. The lowest BCUT2D eigenvalue weighted by atomic mass is 10.0. The Morgan fingerprint density at radius 2 is 1.53 bits per heavy atom. The normalized spacial score (nSPS) is 13.0. The molecule has 2 unspecified atom stereocenters. The highest BCUT2D eigenvalue weighted by Gasteiger charge is 2.22. The van der Waals surface area contributed by atoms with Crippen molar-refractivity contribution in [3.63, 3.8) is 0 Å². The summed E-state index contributed by atoms with van der Waals surface area (Å²) in [5.41, 5.74) is 2.81. The van der Waals surface area contributed by atoms with Crippen LogP contribution in [0.15, 0.2) is 84.9 Å². The Morgan fingerprint density at radius 3 is 2.12 bits per heavy atom. The van der Waals surface area contributed by atoms with E-state index >= 15 is 0 Å². The van der Waals surface area contributed by atoms with Gasteiger partial charge in [-0.15, -0.1) is 0 Å². The molecule has 0 saturated carbocycles. The van der Waals surface area contributed by atoms with E-state index < -0.39 is 6.10 Å². The van der Waals surface area contributed by atoms with Crippen LogP contribution in [0.4, 0.5) is 0 Å². The van der Waals surface area contributed by atoms with Crippen LogP contribution in [-0.2, 0) is 13.0 Å². The monoisotopic (exact) mass is 433 g/mol. The van der Waals surface area contributed by atoms with Gasteiger partial charge in [0.25, 0.3) is 0 Å². The average molecular weight is 434 g/mol. The second-order valence-corrected chi connectivity index (χ2v) is 7.99. The molecule has 3 rings (SSSR count). The predicted molar refractivity (Wildman–Crippen MR) is 126 cm³/mol. The summed E-state index contributed by atoms with van der Waals surface area (Å²) in [4.78, 5) is 13.6. The van der Waals surface area contributed by atoms with Crippen LogP contribution in [0.2, 0.25) is 0 Å². The Kier molecular flexibility index (Phi) is 8.99. The first-order valence-electron chi connectivity index (χ1n) is 10.9. The number of ether oxygens (including phenoxy) is 1. The van der Waals surface area contributed by atoms with Gasteiger partial charge in [0.1, 0.15) is 18.5 Å². The van der Waals surface area contributed by atoms with Crippen LogP contribution < -0.4 is 4.74 Å². The molecule has 0 spiro atoms. The van der Waals surface area contributed by atoms with Crippen molar-refractivity contribution in [2.24, 2.45) is 0 Å². The molecule has 5 nitrogen and oxygen atoms in total. The molecule has 0 aromatic heterocycles. The van der Waals surface area contributed by atoms with E-state index in [9.17, 15) is 15.0 Å². The van der Waals surface area contributed by atoms with E-state index in [2.05, 4.69) is 4.90 Å². The van der Waals surface area contributed by atoms with Gasteiger partial charge < -0.3 is 14.9 Å². The topological polar surface area (TPSA) is 70.0 Å². The van der Waals surface area contributed by atoms with Crippen molar-refractivity contribution in [2.75, 3.05) is 19.8 Å². The molecule has 2 N–H and O–H groups in total. The average Bonchev–Trinajstić information content (AvgIpc) is 2.82. The molecular weight excluding hydrogens is 402 g/mol. The van der Waals surface area contributed by atoms with Crippen LogP contribution in [0, 0.1) is 0 Å². The van der Waals surface area contributed by atoms with Crippen molar-refractivity contribution in [1.29, 1.82) is 0 Å². The molecule has 3 aromatic rings. The third-order valence-electron chi connectivity index (χ3n) is 5.42. The maximum absolute atomic E-state index is 11.5. The highest BCUT2D eigenvalue weighted by Crippen LogP contribution is 2.16. The van der Waals surface area contributed by atoms with Crippen LogP contribution in [0.1, 0.15) is 28.4 Å². The zero-order chi connectivity index (χ0) is 22.8. The van der Waals surface area contributed by atoms with Gasteiger partial charge in [0.2, 0.25) is 0 Å². The highest BCUT2D eigenvalue weighted by molar-refractivity contribution is 5.94. The molecule has 0 aliphatic rings. The van der Waals surface area contributed by atoms with Gasteiger partial charge >= 0.3 is 0 Å². The quantitative estimate of drug-likeness (QED) is 0.426. The molecular formula is C27H31NO4. The number of rotatable bonds is 12. The molecule has 32 heavy (non-hydrogen) atoms. The van der Waals surface area contributed by atoms with Crippen molar-refractivity contribution in [1.82, 2.24) is 4.90 Å². The Hall–Kier alpha value is -2.99. The second kappa shape index (κ2) is 12.2. The molecule has 2 atom stereocenters. The number of hydrogen-bond acceptors (Lipinski definition) is 5. The van der Waals surface area contributed by atoms with Crippen molar-refractivity contribution < 1.29 is 19.7 Å². The summed E-state index contributed by atoms with van der Waals surface area (Å²) in [6.07, 6.45) is -0.110. The van der Waals surface area contributed by atoms with Gasteiger partial charge in [-0.3, -0.25) is 9.69 Å². The Morgan fingerprint density at radius 1 is 0.906 bits per heavy atom. The lowest BCUT2D eigenvalue weighted by molar-refractivity contribution is 0.0335. The molecule has 5 heteroatoms. The summed E-state index contributed by atoms with van der Waals surface area (Å²) in [5.74, 6) is 0.743. The summed E-state index contributed by atoms with van der Waals surface area (Å²) >= 11 is 0. The molecule has 0 radical (unpaired) electrons. The fourth-order valence-corrected chi connectivity index (χ4v) is 3.65. The number of nitrogens with zero attached hydrogens (tertiary/aromatic N) is 1. The van der Waals surface area contributed by atoms with E-state index in [0.29, 0.717) is 30.8 Å². The zero-order valence-corrected chi connectivity index (χ0v) is 18.4. The van der Waals surface area contributed by atoms with Crippen LogP contribution >= 0.6 is 0 Å². The fourth-order valence-electron chi connectivity index (χ4n) is 3.65. The minimum absolute atomic E-state index is 0.0301. The second-order valence-electron chi connectivity index (χ2n) is 7.99. The third kappa shape index (κ3) is 7.31. The Labute approximate surface area is 189 Å². The van der Waals surface area contributed by atoms with Gasteiger partial charge in [-0.1, -0.05) is 72.8 Å². The number of carbonyl (C=O) groups is 1. The maximum atomic E-state index is 11.5. The molecule has 0 aliphatic heterocycles. The molecule has 0 bridgehead atoms. The molecule has 0 saturated heterocycles. The maximum Gasteiger partial charge on any atom is 0.159 e. The molecule has 0 heterocycles. The largest absolute Gasteiger partial charge is 0.491 e. The highest BCUT2D eigenvalue weighted by atomic mass is 16.5. The molecule has 168 valence electrons. The SMILES string of the molecule is CC(=O)c1ccc(CC(CO)N(Cc2ccccc2)CC(O)COc2ccccc2)cc1. The van der Waals surface area contributed by atoms with E-state index in [0.717, 1.165) is 11.1 Å². The minimum Gasteiger partial charge on any atom is -0.491 e.